The second-order valence-electron chi connectivity index (χ2n) is 3.29. The van der Waals surface area contributed by atoms with Crippen LogP contribution in [0.2, 0.25) is 0 Å². The van der Waals surface area contributed by atoms with E-state index in [4.69, 9.17) is 9.84 Å². The van der Waals surface area contributed by atoms with Crippen LogP contribution in [-0.4, -0.2) is 23.9 Å². The second-order valence-corrected chi connectivity index (χ2v) is 4.93. The van der Waals surface area contributed by atoms with E-state index < -0.39 is 0 Å². The highest BCUT2D eigenvalue weighted by atomic mass is 79.9. The zero-order valence-electron chi connectivity index (χ0n) is 8.92. The number of halogens is 2. The van der Waals surface area contributed by atoms with Gasteiger partial charge < -0.3 is 14.9 Å². The molecule has 1 aromatic rings. The molecule has 88 valence electrons. The molecule has 0 heterocycles. The first kappa shape index (κ1) is 13.5. The van der Waals surface area contributed by atoms with Crippen LogP contribution < -0.4 is 4.74 Å². The third-order valence-corrected chi connectivity index (χ3v) is 4.06. The van der Waals surface area contributed by atoms with Gasteiger partial charge in [0.1, 0.15) is 0 Å². The maximum atomic E-state index is 9.94. The van der Waals surface area contributed by atoms with E-state index in [1.807, 2.05) is 0 Å². The molecule has 0 unspecified atom stereocenters. The van der Waals surface area contributed by atoms with Gasteiger partial charge in [-0.25, -0.2) is 0 Å². The molecule has 0 saturated heterocycles. The number of phenols is 1. The van der Waals surface area contributed by atoms with Crippen molar-refractivity contribution in [2.75, 3.05) is 13.7 Å². The van der Waals surface area contributed by atoms with Gasteiger partial charge in [0, 0.05) is 14.5 Å². The van der Waals surface area contributed by atoms with Crippen molar-refractivity contribution in [3.8, 4) is 11.5 Å². The highest BCUT2D eigenvalue weighted by Crippen LogP contribution is 2.41. The molecule has 0 bridgehead atoms. The number of phenolic OH excluding ortho intramolecular Hbond substituents is 1. The van der Waals surface area contributed by atoms with E-state index >= 15 is 0 Å². The maximum Gasteiger partial charge on any atom is 0.166 e. The van der Waals surface area contributed by atoms with E-state index in [0.29, 0.717) is 11.3 Å². The number of benzene rings is 1. The summed E-state index contributed by atoms with van der Waals surface area (Å²) in [5, 5.41) is 18.9. The van der Waals surface area contributed by atoms with Gasteiger partial charge in [-0.1, -0.05) is 0 Å². The quantitative estimate of drug-likeness (QED) is 0.878. The van der Waals surface area contributed by atoms with Crippen LogP contribution in [0.3, 0.4) is 0 Å². The lowest BCUT2D eigenvalue weighted by atomic mass is 10.1. The van der Waals surface area contributed by atoms with E-state index in [1.165, 1.54) is 7.11 Å². The number of aliphatic hydroxyl groups excluding tert-OH is 1. The topological polar surface area (TPSA) is 49.7 Å². The number of aliphatic hydroxyl groups is 1. The SMILES string of the molecule is COc1cc(Br)c(Br)c(/C=C(/C)CO)c1O. The fourth-order valence-electron chi connectivity index (χ4n) is 1.19. The average molecular weight is 352 g/mol. The third kappa shape index (κ3) is 2.78. The lowest BCUT2D eigenvalue weighted by Crippen LogP contribution is -1.90. The van der Waals surface area contributed by atoms with E-state index in [-0.39, 0.29) is 12.4 Å². The van der Waals surface area contributed by atoms with Crippen LogP contribution in [0.5, 0.6) is 11.5 Å². The van der Waals surface area contributed by atoms with Gasteiger partial charge in [0.2, 0.25) is 0 Å². The summed E-state index contributed by atoms with van der Waals surface area (Å²) in [5.74, 6) is 0.428. The summed E-state index contributed by atoms with van der Waals surface area (Å²) < 4.78 is 6.54. The molecule has 0 radical (unpaired) electrons. The zero-order chi connectivity index (χ0) is 12.3. The number of hydrogen-bond acceptors (Lipinski definition) is 3. The molecule has 0 atom stereocenters. The van der Waals surface area contributed by atoms with Gasteiger partial charge in [0.15, 0.2) is 11.5 Å². The zero-order valence-corrected chi connectivity index (χ0v) is 12.1. The summed E-state index contributed by atoms with van der Waals surface area (Å²) in [7, 11) is 1.49. The fraction of sp³-hybridized carbons (Fsp3) is 0.273. The molecule has 3 nitrogen and oxygen atoms in total. The molecule has 0 amide bonds. The van der Waals surface area contributed by atoms with Crippen LogP contribution in [0, 0.1) is 0 Å². The molecule has 1 aromatic carbocycles. The Hall–Kier alpha value is -0.520. The molecule has 0 fully saturated rings. The van der Waals surface area contributed by atoms with Crippen LogP contribution in [0.25, 0.3) is 6.08 Å². The van der Waals surface area contributed by atoms with E-state index in [2.05, 4.69) is 31.9 Å². The Morgan fingerprint density at radius 2 is 2.12 bits per heavy atom. The van der Waals surface area contributed by atoms with Crippen LogP contribution in [0.4, 0.5) is 0 Å². The first-order valence-electron chi connectivity index (χ1n) is 4.54. The molecule has 0 aliphatic rings. The monoisotopic (exact) mass is 350 g/mol. The Labute approximate surface area is 111 Å². The van der Waals surface area contributed by atoms with Crippen molar-refractivity contribution in [3.05, 3.63) is 26.1 Å². The van der Waals surface area contributed by atoms with Gasteiger partial charge >= 0.3 is 0 Å². The molecule has 0 saturated carbocycles. The minimum atomic E-state index is -0.0549. The van der Waals surface area contributed by atoms with Crippen LogP contribution >= 0.6 is 31.9 Å². The van der Waals surface area contributed by atoms with Gasteiger partial charge in [-0.3, -0.25) is 0 Å². The molecule has 0 aliphatic carbocycles. The molecule has 0 spiro atoms. The number of ether oxygens (including phenoxy) is 1. The van der Waals surface area contributed by atoms with E-state index in [0.717, 1.165) is 14.5 Å². The molecule has 2 N–H and O–H groups in total. The van der Waals surface area contributed by atoms with Crippen molar-refractivity contribution in [1.29, 1.82) is 0 Å². The van der Waals surface area contributed by atoms with Crippen molar-refractivity contribution < 1.29 is 14.9 Å². The summed E-state index contributed by atoms with van der Waals surface area (Å²) in [6.07, 6.45) is 1.70. The van der Waals surface area contributed by atoms with Gasteiger partial charge in [-0.2, -0.15) is 0 Å². The van der Waals surface area contributed by atoms with Crippen molar-refractivity contribution >= 4 is 37.9 Å². The largest absolute Gasteiger partial charge is 0.504 e. The van der Waals surface area contributed by atoms with Crippen LogP contribution in [0.15, 0.2) is 20.6 Å². The molecule has 1 rings (SSSR count). The molecule has 0 aliphatic heterocycles. The second kappa shape index (κ2) is 5.70. The minimum Gasteiger partial charge on any atom is -0.504 e. The maximum absolute atomic E-state index is 9.94. The number of aromatic hydroxyl groups is 1. The molecular weight excluding hydrogens is 340 g/mol. The fourth-order valence-corrected chi connectivity index (χ4v) is 2.03. The van der Waals surface area contributed by atoms with Crippen molar-refractivity contribution in [2.24, 2.45) is 0 Å². The van der Waals surface area contributed by atoms with Crippen molar-refractivity contribution in [1.82, 2.24) is 0 Å². The Morgan fingerprint density at radius 1 is 1.50 bits per heavy atom. The number of rotatable bonds is 3. The van der Waals surface area contributed by atoms with Crippen LogP contribution in [0.1, 0.15) is 12.5 Å². The van der Waals surface area contributed by atoms with Gasteiger partial charge in [0.05, 0.1) is 13.7 Å². The van der Waals surface area contributed by atoms with Gasteiger partial charge in [-0.05, 0) is 56.5 Å². The first-order valence-corrected chi connectivity index (χ1v) is 6.12. The summed E-state index contributed by atoms with van der Waals surface area (Å²) in [6, 6.07) is 1.67. The normalized spacial score (nSPS) is 11.7. The predicted octanol–water partition coefficient (Wildman–Crippen LogP) is 3.32. The smallest absolute Gasteiger partial charge is 0.166 e. The lowest BCUT2D eigenvalue weighted by molar-refractivity contribution is 0.332. The molecule has 5 heteroatoms. The third-order valence-electron chi connectivity index (χ3n) is 2.05. The Bertz CT molecular complexity index is 428. The number of hydrogen-bond donors (Lipinski definition) is 2. The first-order chi connectivity index (χ1) is 7.51. The summed E-state index contributed by atoms with van der Waals surface area (Å²) in [6.45, 7) is 1.72. The molecular formula is C11H12Br2O3. The van der Waals surface area contributed by atoms with Crippen LogP contribution in [-0.2, 0) is 0 Å². The summed E-state index contributed by atoms with van der Waals surface area (Å²) in [5.41, 5.74) is 1.33. The standard InChI is InChI=1S/C11H12Br2O3/c1-6(5-14)3-7-10(13)8(12)4-9(16-2)11(7)15/h3-4,14-15H,5H2,1-2H3/b6-3-. The molecule has 0 aromatic heterocycles. The summed E-state index contributed by atoms with van der Waals surface area (Å²) in [4.78, 5) is 0. The predicted molar refractivity (Wildman–Crippen MR) is 70.8 cm³/mol. The Morgan fingerprint density at radius 3 is 2.62 bits per heavy atom. The van der Waals surface area contributed by atoms with E-state index in [1.54, 1.807) is 19.1 Å². The van der Waals surface area contributed by atoms with Crippen molar-refractivity contribution in [2.45, 2.75) is 6.92 Å². The number of methoxy groups -OCH3 is 1. The van der Waals surface area contributed by atoms with Gasteiger partial charge in [0.25, 0.3) is 0 Å². The Balaban J connectivity index is 3.41. The van der Waals surface area contributed by atoms with Crippen molar-refractivity contribution in [3.63, 3.8) is 0 Å². The lowest BCUT2D eigenvalue weighted by Gasteiger charge is -2.10. The molecule has 16 heavy (non-hydrogen) atoms. The summed E-state index contributed by atoms with van der Waals surface area (Å²) >= 11 is 6.72. The Kier molecular flexibility index (Phi) is 4.83. The minimum absolute atomic E-state index is 0.0466. The highest BCUT2D eigenvalue weighted by molar-refractivity contribution is 9.13. The highest BCUT2D eigenvalue weighted by Gasteiger charge is 2.13. The average Bonchev–Trinajstić information content (AvgIpc) is 2.28. The van der Waals surface area contributed by atoms with E-state index in [9.17, 15) is 5.11 Å². The van der Waals surface area contributed by atoms with Gasteiger partial charge in [-0.15, -0.1) is 0 Å².